The van der Waals surface area contributed by atoms with Crippen LogP contribution in [0.15, 0.2) is 45.3 Å². The number of benzene rings is 2. The number of carboxylic acids is 1. The molecule has 0 fully saturated rings. The van der Waals surface area contributed by atoms with Gasteiger partial charge in [0.15, 0.2) is 0 Å². The maximum Gasteiger partial charge on any atom is 0.410 e. The maximum atomic E-state index is 13.3. The van der Waals surface area contributed by atoms with Gasteiger partial charge in [0, 0.05) is 89.7 Å². The summed E-state index contributed by atoms with van der Waals surface area (Å²) in [5.74, 6) is -1.19. The summed E-state index contributed by atoms with van der Waals surface area (Å²) in [5.41, 5.74) is 10.1. The molecular weight excluding hydrogens is 1330 g/mol. The molecule has 27 heteroatoms. The van der Waals surface area contributed by atoms with Gasteiger partial charge < -0.3 is 64.2 Å². The molecule has 4 aromatic heterocycles. The molecule has 0 saturated heterocycles. The normalized spacial score (nSPS) is 13.3. The Morgan fingerprint density at radius 3 is 1.43 bits per heavy atom. The van der Waals surface area contributed by atoms with Crippen LogP contribution >= 0.6 is 77.2 Å². The number of rotatable bonds is 15. The molecule has 8 rings (SSSR count). The van der Waals surface area contributed by atoms with Gasteiger partial charge in [-0.2, -0.15) is 0 Å². The minimum absolute atomic E-state index is 0.0698. The Labute approximate surface area is 541 Å². The smallest absolute Gasteiger partial charge is 0.410 e. The second kappa shape index (κ2) is 30.2. The third-order valence-electron chi connectivity index (χ3n) is 12.5. The van der Waals surface area contributed by atoms with Crippen molar-refractivity contribution < 1.29 is 62.3 Å². The SMILES string of the molecule is CC(C)(C)OC(=O)N1CCc2c(sc(N)c2-c2nc3c(Br)cccc3s2)C1.COCCN(CCC(=O)Nc1sc2c(c1-c1nc3c(Br)cccc3s1)CCN(C(=O)OC(C)(C)C)C2)C(=O)OC(C)(C)C.COCCN(CCC(=O)O)C(=O)OC(C)(C)C. The number of nitrogen functional groups attached to an aromatic ring is 1. The van der Waals surface area contributed by atoms with Crippen LogP contribution in [0.25, 0.3) is 41.6 Å². The number of hydrogen-bond donors (Lipinski definition) is 3. The molecule has 0 radical (unpaired) electrons. The predicted molar refractivity (Wildman–Crippen MR) is 351 cm³/mol. The van der Waals surface area contributed by atoms with Crippen molar-refractivity contribution in [1.82, 2.24) is 29.6 Å². The number of nitrogens with two attached hydrogens (primary N) is 1. The number of hydrogen-bond acceptors (Lipinski definition) is 19. The molecule has 2 aliphatic heterocycles. The zero-order valence-corrected chi connectivity index (χ0v) is 58.3. The summed E-state index contributed by atoms with van der Waals surface area (Å²) in [6, 6.07) is 12.0. The summed E-state index contributed by atoms with van der Waals surface area (Å²) in [6.07, 6.45) is -0.316. The van der Waals surface area contributed by atoms with Crippen molar-refractivity contribution in [1.29, 1.82) is 0 Å². The lowest BCUT2D eigenvalue weighted by atomic mass is 10.0. The van der Waals surface area contributed by atoms with Crippen molar-refractivity contribution in [2.24, 2.45) is 0 Å². The minimum atomic E-state index is -0.948. The van der Waals surface area contributed by atoms with E-state index < -0.39 is 40.6 Å². The van der Waals surface area contributed by atoms with Crippen LogP contribution in [0.3, 0.4) is 0 Å². The largest absolute Gasteiger partial charge is 0.481 e. The number of carboxylic acid groups (broad SMARTS) is 1. The number of fused-ring (bicyclic) bond motifs is 4. The number of ether oxygens (including phenoxy) is 6. The molecule has 0 unspecified atom stereocenters. The number of carbonyl (C=O) groups excluding carboxylic acids is 5. The number of para-hydroxylation sites is 2. The van der Waals surface area contributed by atoms with Crippen LogP contribution in [0, 0.1) is 0 Å². The molecule has 4 N–H and O–H groups in total. The molecule has 6 aromatic rings. The second-order valence-electron chi connectivity index (χ2n) is 24.3. The van der Waals surface area contributed by atoms with Gasteiger partial charge in [0.25, 0.3) is 0 Å². The summed E-state index contributed by atoms with van der Waals surface area (Å²) >= 11 is 13.4. The fourth-order valence-corrected chi connectivity index (χ4v) is 14.6. The molecule has 476 valence electrons. The van der Waals surface area contributed by atoms with Gasteiger partial charge in [-0.1, -0.05) is 12.1 Å². The number of halogens is 2. The Hall–Kier alpha value is -5.68. The van der Waals surface area contributed by atoms with Crippen molar-refractivity contribution in [2.45, 2.75) is 144 Å². The number of carbonyl (C=O) groups is 6. The Bertz CT molecular complexity index is 3410. The lowest BCUT2D eigenvalue weighted by Gasteiger charge is -2.30. The van der Waals surface area contributed by atoms with Gasteiger partial charge >= 0.3 is 30.3 Å². The highest BCUT2D eigenvalue weighted by Gasteiger charge is 2.34. The van der Waals surface area contributed by atoms with Gasteiger partial charge in [0.1, 0.15) is 37.4 Å². The predicted octanol–water partition coefficient (Wildman–Crippen LogP) is 14.3. The molecule has 0 spiro atoms. The lowest BCUT2D eigenvalue weighted by Crippen LogP contribution is -2.40. The highest BCUT2D eigenvalue weighted by molar-refractivity contribution is 9.11. The first-order chi connectivity index (χ1) is 40.6. The number of amides is 5. The average Bonchev–Trinajstić information content (AvgIpc) is 1.75. The summed E-state index contributed by atoms with van der Waals surface area (Å²) < 4.78 is 35.9. The fraction of sp³-hybridized carbons (Fsp3) is 0.533. The molecule has 0 atom stereocenters. The van der Waals surface area contributed by atoms with Crippen LogP contribution in [0.4, 0.5) is 29.2 Å². The maximum absolute atomic E-state index is 13.3. The van der Waals surface area contributed by atoms with Gasteiger partial charge in [-0.25, -0.2) is 29.1 Å². The van der Waals surface area contributed by atoms with E-state index in [-0.39, 0.29) is 44.0 Å². The van der Waals surface area contributed by atoms with Crippen molar-refractivity contribution in [3.05, 3.63) is 66.2 Å². The molecular formula is C60H80Br2N8O13S4. The Morgan fingerprint density at radius 2 is 1.01 bits per heavy atom. The summed E-state index contributed by atoms with van der Waals surface area (Å²) in [5, 5.41) is 14.9. The van der Waals surface area contributed by atoms with Crippen LogP contribution in [-0.4, -0.2) is 160 Å². The molecule has 0 saturated carbocycles. The highest BCUT2D eigenvalue weighted by Crippen LogP contribution is 2.48. The zero-order valence-electron chi connectivity index (χ0n) is 51.9. The van der Waals surface area contributed by atoms with E-state index in [9.17, 15) is 28.8 Å². The number of aromatic nitrogens is 2. The van der Waals surface area contributed by atoms with Crippen molar-refractivity contribution in [3.8, 4) is 21.1 Å². The fourth-order valence-electron chi connectivity index (χ4n) is 8.69. The van der Waals surface area contributed by atoms with Crippen LogP contribution in [0.5, 0.6) is 0 Å². The van der Waals surface area contributed by atoms with Gasteiger partial charge in [0.05, 0.1) is 58.2 Å². The van der Waals surface area contributed by atoms with Gasteiger partial charge in [0.2, 0.25) is 5.91 Å². The van der Waals surface area contributed by atoms with E-state index in [0.29, 0.717) is 63.9 Å². The Balaban J connectivity index is 0.000000233. The number of thiophene rings is 2. The first-order valence-electron chi connectivity index (χ1n) is 28.2. The molecule has 6 heterocycles. The first-order valence-corrected chi connectivity index (χ1v) is 33.1. The van der Waals surface area contributed by atoms with E-state index in [1.807, 2.05) is 71.9 Å². The van der Waals surface area contributed by atoms with E-state index >= 15 is 0 Å². The minimum Gasteiger partial charge on any atom is -0.481 e. The van der Waals surface area contributed by atoms with E-state index in [4.69, 9.17) is 49.2 Å². The number of aliphatic carboxylic acids is 1. The molecule has 5 amide bonds. The summed E-state index contributed by atoms with van der Waals surface area (Å²) in [6.45, 7) is 25.5. The van der Waals surface area contributed by atoms with Crippen molar-refractivity contribution >= 4 is 144 Å². The van der Waals surface area contributed by atoms with Crippen LogP contribution in [-0.2, 0) is 63.9 Å². The van der Waals surface area contributed by atoms with E-state index in [2.05, 4.69) is 43.2 Å². The van der Waals surface area contributed by atoms with Crippen molar-refractivity contribution in [3.63, 3.8) is 0 Å². The third-order valence-corrected chi connectivity index (χ3v) is 18.0. The molecule has 87 heavy (non-hydrogen) atoms. The van der Waals surface area contributed by atoms with Crippen molar-refractivity contribution in [2.75, 3.05) is 77.8 Å². The Kier molecular flexibility index (Phi) is 24.5. The monoisotopic (exact) mass is 1410 g/mol. The standard InChI is InChI=1S/C30H39BrN4O6S2.C19H20BrN3O2S2.C11H21NO5/c1-29(2,3)40-27(37)34(15-16-39-7)14-12-22(36)32-25-23(26-33-24-19(31)9-8-10-20(24)42-26)18-11-13-35(17-21(18)43-25)28(38)41-30(4,5)6;1-19(2,3)25-18(24)23-8-7-10-13(9-23)26-16(21)14(10)17-22-15-11(20)5-4-6-12(15)27-17;1-11(2,3)17-10(15)12(7-8-16-4)6-5-9(13)14/h8-10H,11-17H2,1-7H3,(H,32,36);4-6H,7-9,21H2,1-3H3;5-8H2,1-4H3,(H,13,14). The molecule has 0 bridgehead atoms. The lowest BCUT2D eigenvalue weighted by molar-refractivity contribution is -0.137. The summed E-state index contributed by atoms with van der Waals surface area (Å²) in [7, 11) is 3.08. The zero-order chi connectivity index (χ0) is 64.3. The topological polar surface area (TPSA) is 255 Å². The Morgan fingerprint density at radius 1 is 0.598 bits per heavy atom. The number of anilines is 2. The summed E-state index contributed by atoms with van der Waals surface area (Å²) in [4.78, 5) is 91.7. The number of nitrogens with zero attached hydrogens (tertiary/aromatic N) is 6. The molecule has 21 nitrogen and oxygen atoms in total. The first kappa shape index (κ1) is 70.4. The van der Waals surface area contributed by atoms with Gasteiger partial charge in [-0.3, -0.25) is 9.59 Å². The number of methoxy groups -OCH3 is 2. The van der Waals surface area contributed by atoms with Gasteiger partial charge in [-0.05, 0) is 163 Å². The van der Waals surface area contributed by atoms with Crippen LogP contribution in [0.1, 0.15) is 117 Å². The van der Waals surface area contributed by atoms with E-state index in [0.717, 1.165) is 77.3 Å². The van der Waals surface area contributed by atoms with E-state index in [1.54, 1.807) is 92.5 Å². The van der Waals surface area contributed by atoms with E-state index in [1.165, 1.54) is 33.8 Å². The number of nitrogens with one attached hydrogen (secondary N) is 1. The molecule has 2 aromatic carbocycles. The average molecular weight is 1410 g/mol. The third kappa shape index (κ3) is 20.7. The van der Waals surface area contributed by atoms with Gasteiger partial charge in [-0.15, -0.1) is 45.3 Å². The number of thiazole rings is 2. The second-order valence-corrected chi connectivity index (χ2v) is 30.3. The molecule has 0 aliphatic carbocycles. The van der Waals surface area contributed by atoms with Crippen LogP contribution < -0.4 is 11.1 Å². The quantitative estimate of drug-likeness (QED) is 0.0808. The van der Waals surface area contributed by atoms with Crippen LogP contribution in [0.2, 0.25) is 0 Å². The molecule has 2 aliphatic rings. The highest BCUT2D eigenvalue weighted by atomic mass is 79.9.